The first-order valence-electron chi connectivity index (χ1n) is 5.72. The molecule has 2 aromatic heterocycles. The smallest absolute Gasteiger partial charge is 0.277 e. The van der Waals surface area contributed by atoms with Crippen molar-refractivity contribution < 1.29 is 8.83 Å². The molecular formula is C12H9BrN4O2S. The van der Waals surface area contributed by atoms with E-state index in [-0.39, 0.29) is 0 Å². The number of nitrogens with zero attached hydrogens (tertiary/aromatic N) is 4. The lowest BCUT2D eigenvalue weighted by atomic mass is 10.2. The highest BCUT2D eigenvalue weighted by molar-refractivity contribution is 9.10. The van der Waals surface area contributed by atoms with E-state index < -0.39 is 0 Å². The second kappa shape index (κ2) is 5.76. The normalized spacial score (nSPS) is 10.9. The minimum atomic E-state index is 0.468. The van der Waals surface area contributed by atoms with Crippen LogP contribution in [0.1, 0.15) is 11.8 Å². The van der Waals surface area contributed by atoms with Crippen LogP contribution in [0.2, 0.25) is 0 Å². The summed E-state index contributed by atoms with van der Waals surface area (Å²) in [6.45, 7) is 1.75. The summed E-state index contributed by atoms with van der Waals surface area (Å²) >= 11 is 4.77. The minimum absolute atomic E-state index is 0.468. The molecule has 0 spiro atoms. The molecule has 0 aliphatic rings. The Hall–Kier alpha value is -1.67. The van der Waals surface area contributed by atoms with E-state index >= 15 is 0 Å². The Kier molecular flexibility index (Phi) is 3.83. The monoisotopic (exact) mass is 352 g/mol. The molecular weight excluding hydrogens is 344 g/mol. The molecule has 2 heterocycles. The van der Waals surface area contributed by atoms with E-state index in [9.17, 15) is 0 Å². The molecule has 0 saturated heterocycles. The molecule has 6 nitrogen and oxygen atoms in total. The molecule has 0 aliphatic carbocycles. The van der Waals surface area contributed by atoms with Crippen LogP contribution in [-0.2, 0) is 5.75 Å². The van der Waals surface area contributed by atoms with Gasteiger partial charge in [0.05, 0.1) is 5.75 Å². The molecule has 102 valence electrons. The van der Waals surface area contributed by atoms with Gasteiger partial charge < -0.3 is 8.83 Å². The van der Waals surface area contributed by atoms with Crippen molar-refractivity contribution in [2.75, 3.05) is 0 Å². The van der Waals surface area contributed by atoms with Crippen molar-refractivity contribution in [1.29, 1.82) is 0 Å². The summed E-state index contributed by atoms with van der Waals surface area (Å²) in [4.78, 5) is 0. The molecule has 0 atom stereocenters. The fraction of sp³-hybridized carbons (Fsp3) is 0.167. The summed E-state index contributed by atoms with van der Waals surface area (Å²) < 4.78 is 11.8. The van der Waals surface area contributed by atoms with Gasteiger partial charge in [-0.2, -0.15) is 0 Å². The Labute approximate surface area is 127 Å². The van der Waals surface area contributed by atoms with Crippen molar-refractivity contribution in [3.8, 4) is 11.5 Å². The van der Waals surface area contributed by atoms with Gasteiger partial charge in [0, 0.05) is 17.0 Å². The van der Waals surface area contributed by atoms with Crippen molar-refractivity contribution in [2.24, 2.45) is 0 Å². The number of hydrogen-bond acceptors (Lipinski definition) is 7. The third-order valence-corrected chi connectivity index (χ3v) is 3.66. The Morgan fingerprint density at radius 3 is 2.80 bits per heavy atom. The Morgan fingerprint density at radius 2 is 2.05 bits per heavy atom. The summed E-state index contributed by atoms with van der Waals surface area (Å²) in [5.41, 5.74) is 0.868. The van der Waals surface area contributed by atoms with Crippen LogP contribution in [0, 0.1) is 6.92 Å². The Balaban J connectivity index is 1.70. The summed E-state index contributed by atoms with van der Waals surface area (Å²) in [5.74, 6) is 2.06. The van der Waals surface area contributed by atoms with Gasteiger partial charge in [-0.25, -0.2) is 0 Å². The van der Waals surface area contributed by atoms with Gasteiger partial charge in [0.1, 0.15) is 0 Å². The lowest BCUT2D eigenvalue weighted by molar-refractivity contribution is 0.462. The van der Waals surface area contributed by atoms with Gasteiger partial charge in [0.25, 0.3) is 5.22 Å². The number of thioether (sulfide) groups is 1. The van der Waals surface area contributed by atoms with E-state index in [0.717, 1.165) is 10.0 Å². The van der Waals surface area contributed by atoms with Crippen LogP contribution in [0.4, 0.5) is 0 Å². The molecule has 1 aromatic carbocycles. The minimum Gasteiger partial charge on any atom is -0.425 e. The fourth-order valence-corrected chi connectivity index (χ4v) is 2.52. The first-order valence-corrected chi connectivity index (χ1v) is 7.50. The van der Waals surface area contributed by atoms with Gasteiger partial charge in [0.2, 0.25) is 17.7 Å². The lowest BCUT2D eigenvalue weighted by Gasteiger charge is -1.94. The maximum absolute atomic E-state index is 5.58. The van der Waals surface area contributed by atoms with Crippen molar-refractivity contribution in [3.05, 3.63) is 40.5 Å². The molecule has 0 radical (unpaired) electrons. The third-order valence-electron chi connectivity index (χ3n) is 2.37. The molecule has 0 aliphatic heterocycles. The highest BCUT2D eigenvalue weighted by Crippen LogP contribution is 2.26. The van der Waals surface area contributed by atoms with E-state index in [1.54, 1.807) is 6.92 Å². The van der Waals surface area contributed by atoms with Crippen molar-refractivity contribution in [2.45, 2.75) is 17.9 Å². The molecule has 0 amide bonds. The van der Waals surface area contributed by atoms with Crippen LogP contribution in [0.15, 0.2) is 42.8 Å². The largest absolute Gasteiger partial charge is 0.425 e. The van der Waals surface area contributed by atoms with Crippen LogP contribution in [0.5, 0.6) is 0 Å². The number of hydrogen-bond donors (Lipinski definition) is 0. The number of aromatic nitrogens is 4. The third kappa shape index (κ3) is 3.07. The summed E-state index contributed by atoms with van der Waals surface area (Å²) in [6.07, 6.45) is 0. The first-order chi connectivity index (χ1) is 9.70. The molecule has 20 heavy (non-hydrogen) atoms. The van der Waals surface area contributed by atoms with Gasteiger partial charge in [-0.15, -0.1) is 20.4 Å². The summed E-state index contributed by atoms with van der Waals surface area (Å²) in [6, 6.07) is 7.68. The van der Waals surface area contributed by atoms with Crippen LogP contribution in [0.25, 0.3) is 11.5 Å². The zero-order chi connectivity index (χ0) is 13.9. The topological polar surface area (TPSA) is 77.8 Å². The molecule has 0 fully saturated rings. The van der Waals surface area contributed by atoms with Crippen molar-refractivity contribution in [3.63, 3.8) is 0 Å². The van der Waals surface area contributed by atoms with E-state index in [4.69, 9.17) is 8.83 Å². The average Bonchev–Trinajstić information content (AvgIpc) is 3.05. The SMILES string of the molecule is Cc1nnc(CSc2nnc(-c3cccc(Br)c3)o2)o1. The number of aryl methyl sites for hydroxylation is 1. The lowest BCUT2D eigenvalue weighted by Crippen LogP contribution is -1.80. The van der Waals surface area contributed by atoms with Crippen LogP contribution < -0.4 is 0 Å². The van der Waals surface area contributed by atoms with Crippen LogP contribution in [0.3, 0.4) is 0 Å². The highest BCUT2D eigenvalue weighted by atomic mass is 79.9. The van der Waals surface area contributed by atoms with Crippen LogP contribution >= 0.6 is 27.7 Å². The molecule has 3 aromatic rings. The number of rotatable bonds is 4. The van der Waals surface area contributed by atoms with E-state index in [0.29, 0.717) is 28.6 Å². The van der Waals surface area contributed by atoms with Gasteiger partial charge in [-0.05, 0) is 18.2 Å². The molecule has 8 heteroatoms. The standard InChI is InChI=1S/C12H9BrN4O2S/c1-7-14-15-10(18-7)6-20-12-17-16-11(19-12)8-3-2-4-9(13)5-8/h2-5H,6H2,1H3. The van der Waals surface area contributed by atoms with E-state index in [1.807, 2.05) is 24.3 Å². The van der Waals surface area contributed by atoms with Crippen molar-refractivity contribution in [1.82, 2.24) is 20.4 Å². The second-order valence-corrected chi connectivity index (χ2v) is 5.73. The van der Waals surface area contributed by atoms with Gasteiger partial charge in [0.15, 0.2) is 0 Å². The predicted molar refractivity (Wildman–Crippen MR) is 76.0 cm³/mol. The van der Waals surface area contributed by atoms with Crippen molar-refractivity contribution >= 4 is 27.7 Å². The first kappa shape index (κ1) is 13.3. The average molecular weight is 353 g/mol. The fourth-order valence-electron chi connectivity index (χ4n) is 1.53. The molecule has 0 N–H and O–H groups in total. The number of benzene rings is 1. The molecule has 0 saturated carbocycles. The maximum Gasteiger partial charge on any atom is 0.277 e. The highest BCUT2D eigenvalue weighted by Gasteiger charge is 2.11. The zero-order valence-electron chi connectivity index (χ0n) is 10.4. The second-order valence-electron chi connectivity index (χ2n) is 3.89. The quantitative estimate of drug-likeness (QED) is 0.665. The van der Waals surface area contributed by atoms with Crippen LogP contribution in [-0.4, -0.2) is 20.4 Å². The van der Waals surface area contributed by atoms with Gasteiger partial charge in [-0.1, -0.05) is 33.8 Å². The number of halogens is 1. The molecule has 0 bridgehead atoms. The predicted octanol–water partition coefficient (Wildman–Crippen LogP) is 3.48. The summed E-state index contributed by atoms with van der Waals surface area (Å²) in [7, 11) is 0. The van der Waals surface area contributed by atoms with Gasteiger partial charge >= 0.3 is 0 Å². The zero-order valence-corrected chi connectivity index (χ0v) is 12.8. The summed E-state index contributed by atoms with van der Waals surface area (Å²) in [5, 5.41) is 16.1. The Bertz CT molecular complexity index is 728. The Morgan fingerprint density at radius 1 is 1.15 bits per heavy atom. The van der Waals surface area contributed by atoms with Gasteiger partial charge in [-0.3, -0.25) is 0 Å². The van der Waals surface area contributed by atoms with E-state index in [2.05, 4.69) is 36.3 Å². The molecule has 3 rings (SSSR count). The maximum atomic E-state index is 5.58. The molecule has 0 unspecified atom stereocenters. The van der Waals surface area contributed by atoms with E-state index in [1.165, 1.54) is 11.8 Å².